The van der Waals surface area contributed by atoms with Crippen LogP contribution in [-0.2, 0) is 16.0 Å². The zero-order chi connectivity index (χ0) is 21.3. The predicted octanol–water partition coefficient (Wildman–Crippen LogP) is 2.34. The van der Waals surface area contributed by atoms with E-state index in [9.17, 15) is 9.59 Å². The third kappa shape index (κ3) is 6.61. The second-order valence-corrected chi connectivity index (χ2v) is 8.92. The van der Waals surface area contributed by atoms with E-state index in [1.54, 1.807) is 11.8 Å². The van der Waals surface area contributed by atoms with Gasteiger partial charge in [0.05, 0.1) is 12.7 Å². The third-order valence-electron chi connectivity index (χ3n) is 5.63. The van der Waals surface area contributed by atoms with Gasteiger partial charge in [-0.15, -0.1) is 11.8 Å². The summed E-state index contributed by atoms with van der Waals surface area (Å²) in [6, 6.07) is 18.3. The van der Waals surface area contributed by atoms with Gasteiger partial charge in [-0.2, -0.15) is 0 Å². The average molecular weight is 427 g/mol. The minimum Gasteiger partial charge on any atom is -0.338 e. The van der Waals surface area contributed by atoms with Crippen molar-refractivity contribution in [2.75, 3.05) is 44.8 Å². The SMILES string of the molecule is CSc1ccccc1NC(=O)C[NH+](C)CC(=O)N1CCC(Cc2ccccc2)CC1. The number of nitrogens with zero attached hydrogens (tertiary/aromatic N) is 1. The van der Waals surface area contributed by atoms with Gasteiger partial charge in [-0.1, -0.05) is 42.5 Å². The molecule has 2 aromatic rings. The molecule has 1 unspecified atom stereocenters. The van der Waals surface area contributed by atoms with Crippen LogP contribution in [0.15, 0.2) is 59.5 Å². The van der Waals surface area contributed by atoms with Gasteiger partial charge >= 0.3 is 0 Å². The highest BCUT2D eigenvalue weighted by molar-refractivity contribution is 7.98. The molecule has 0 bridgehead atoms. The van der Waals surface area contributed by atoms with E-state index in [0.29, 0.717) is 12.5 Å². The number of amides is 2. The van der Waals surface area contributed by atoms with Crippen molar-refractivity contribution in [3.8, 4) is 0 Å². The summed E-state index contributed by atoms with van der Waals surface area (Å²) in [5.74, 6) is 0.718. The number of carbonyl (C=O) groups excluding carboxylic acids is 2. The average Bonchev–Trinajstić information content (AvgIpc) is 2.75. The largest absolute Gasteiger partial charge is 0.338 e. The molecule has 0 aliphatic carbocycles. The molecular weight excluding hydrogens is 394 g/mol. The normalized spacial score (nSPS) is 15.6. The number of likely N-dealkylation sites (N-methyl/N-ethyl adjacent to an activating group) is 1. The van der Waals surface area contributed by atoms with Gasteiger partial charge in [0.1, 0.15) is 0 Å². The second-order valence-electron chi connectivity index (χ2n) is 8.07. The van der Waals surface area contributed by atoms with Crippen LogP contribution in [0.5, 0.6) is 0 Å². The number of rotatable bonds is 8. The molecule has 6 heteroatoms. The summed E-state index contributed by atoms with van der Waals surface area (Å²) in [5.41, 5.74) is 2.20. The van der Waals surface area contributed by atoms with Crippen LogP contribution in [0.25, 0.3) is 0 Å². The molecule has 1 aliphatic heterocycles. The highest BCUT2D eigenvalue weighted by Gasteiger charge is 2.25. The van der Waals surface area contributed by atoms with Crippen LogP contribution >= 0.6 is 11.8 Å². The van der Waals surface area contributed by atoms with E-state index < -0.39 is 0 Å². The number of carbonyl (C=O) groups is 2. The summed E-state index contributed by atoms with van der Waals surface area (Å²) in [6.45, 7) is 2.26. The summed E-state index contributed by atoms with van der Waals surface area (Å²) in [6.07, 6.45) is 5.17. The number of nitrogens with one attached hydrogen (secondary N) is 2. The first-order valence-corrected chi connectivity index (χ1v) is 11.8. The number of thioether (sulfide) groups is 1. The van der Waals surface area contributed by atoms with Crippen LogP contribution in [0.2, 0.25) is 0 Å². The van der Waals surface area contributed by atoms with Crippen LogP contribution in [-0.4, -0.2) is 56.2 Å². The van der Waals surface area contributed by atoms with E-state index in [-0.39, 0.29) is 18.4 Å². The van der Waals surface area contributed by atoms with Gasteiger partial charge in [0.25, 0.3) is 11.8 Å². The number of hydrogen-bond acceptors (Lipinski definition) is 3. The third-order valence-corrected chi connectivity index (χ3v) is 6.43. The first-order chi connectivity index (χ1) is 14.5. The van der Waals surface area contributed by atoms with Gasteiger partial charge in [-0.05, 0) is 49.1 Å². The first-order valence-electron chi connectivity index (χ1n) is 10.6. The molecule has 5 nitrogen and oxygen atoms in total. The predicted molar refractivity (Wildman–Crippen MR) is 123 cm³/mol. The lowest BCUT2D eigenvalue weighted by Gasteiger charge is -2.32. The fourth-order valence-corrected chi connectivity index (χ4v) is 4.54. The second kappa shape index (κ2) is 11.2. The topological polar surface area (TPSA) is 53.9 Å². The van der Waals surface area contributed by atoms with Crippen molar-refractivity contribution in [2.45, 2.75) is 24.2 Å². The van der Waals surface area contributed by atoms with Crippen LogP contribution in [0.1, 0.15) is 18.4 Å². The van der Waals surface area contributed by atoms with Crippen molar-refractivity contribution in [1.29, 1.82) is 0 Å². The Labute approximate surface area is 183 Å². The standard InChI is InChI=1S/C24H31N3O2S/c1-26(17-23(28)25-21-10-6-7-11-22(21)30-2)18-24(29)27-14-12-20(13-15-27)16-19-8-4-3-5-9-19/h3-11,20H,12-18H2,1-2H3,(H,25,28)/p+1. The Bertz CT molecular complexity index is 835. The molecule has 1 heterocycles. The molecule has 30 heavy (non-hydrogen) atoms. The fraction of sp³-hybridized carbons (Fsp3) is 0.417. The molecule has 0 radical (unpaired) electrons. The maximum absolute atomic E-state index is 12.7. The van der Waals surface area contributed by atoms with Crippen LogP contribution in [0.4, 0.5) is 5.69 Å². The Morgan fingerprint density at radius 1 is 1.03 bits per heavy atom. The number of benzene rings is 2. The van der Waals surface area contributed by atoms with Gasteiger partial charge in [0.15, 0.2) is 13.1 Å². The molecule has 0 saturated carbocycles. The van der Waals surface area contributed by atoms with Gasteiger partial charge < -0.3 is 15.1 Å². The molecule has 3 rings (SSSR count). The molecule has 0 spiro atoms. The lowest BCUT2D eigenvalue weighted by molar-refractivity contribution is -0.862. The van der Waals surface area contributed by atoms with Crippen molar-refractivity contribution in [2.24, 2.45) is 5.92 Å². The Morgan fingerprint density at radius 3 is 2.40 bits per heavy atom. The molecule has 2 amide bonds. The Balaban J connectivity index is 1.40. The molecule has 0 aromatic heterocycles. The van der Waals surface area contributed by atoms with Crippen LogP contribution in [0, 0.1) is 5.92 Å². The fourth-order valence-electron chi connectivity index (χ4n) is 3.98. The molecule has 160 valence electrons. The highest BCUT2D eigenvalue weighted by Crippen LogP contribution is 2.24. The van der Waals surface area contributed by atoms with Gasteiger partial charge in [-0.25, -0.2) is 0 Å². The summed E-state index contributed by atoms with van der Waals surface area (Å²) in [4.78, 5) is 29.0. The molecule has 2 aromatic carbocycles. The molecular formula is C24H32N3O2S+. The molecule has 1 atom stereocenters. The molecule has 1 fully saturated rings. The Hall–Kier alpha value is -2.31. The number of hydrogen-bond donors (Lipinski definition) is 2. The highest BCUT2D eigenvalue weighted by atomic mass is 32.2. The zero-order valence-electron chi connectivity index (χ0n) is 17.9. The maximum atomic E-state index is 12.7. The summed E-state index contributed by atoms with van der Waals surface area (Å²) >= 11 is 1.60. The molecule has 1 saturated heterocycles. The van der Waals surface area contributed by atoms with Crippen molar-refractivity contribution >= 4 is 29.3 Å². The Kier molecular flexibility index (Phi) is 8.34. The molecule has 2 N–H and O–H groups in total. The Morgan fingerprint density at radius 2 is 1.70 bits per heavy atom. The minimum absolute atomic E-state index is 0.0663. The van der Waals surface area contributed by atoms with E-state index in [1.807, 2.05) is 48.5 Å². The minimum atomic E-state index is -0.0663. The number of likely N-dealkylation sites (tertiary alicyclic amines) is 1. The zero-order valence-corrected chi connectivity index (χ0v) is 18.7. The number of quaternary nitrogens is 1. The quantitative estimate of drug-likeness (QED) is 0.637. The van der Waals surface area contributed by atoms with Crippen molar-refractivity contribution < 1.29 is 14.5 Å². The van der Waals surface area contributed by atoms with Crippen LogP contribution in [0.3, 0.4) is 0 Å². The number of piperidine rings is 1. The lowest BCUT2D eigenvalue weighted by atomic mass is 9.90. The van der Waals surface area contributed by atoms with Gasteiger partial charge in [-0.3, -0.25) is 9.59 Å². The van der Waals surface area contributed by atoms with Crippen LogP contribution < -0.4 is 10.2 Å². The van der Waals surface area contributed by atoms with E-state index in [2.05, 4.69) is 29.6 Å². The monoisotopic (exact) mass is 426 g/mol. The summed E-state index contributed by atoms with van der Waals surface area (Å²) in [5, 5.41) is 2.97. The maximum Gasteiger partial charge on any atom is 0.279 e. The first kappa shape index (κ1) is 22.4. The molecule has 1 aliphatic rings. The van der Waals surface area contributed by atoms with Crippen molar-refractivity contribution in [1.82, 2.24) is 4.90 Å². The van der Waals surface area contributed by atoms with Gasteiger partial charge in [0, 0.05) is 18.0 Å². The lowest BCUT2D eigenvalue weighted by Crippen LogP contribution is -3.11. The smallest absolute Gasteiger partial charge is 0.279 e. The summed E-state index contributed by atoms with van der Waals surface area (Å²) in [7, 11) is 1.90. The summed E-state index contributed by atoms with van der Waals surface area (Å²) < 4.78 is 0. The van der Waals surface area contributed by atoms with E-state index in [1.165, 1.54) is 5.56 Å². The van der Waals surface area contributed by atoms with Gasteiger partial charge in [0.2, 0.25) is 0 Å². The van der Waals surface area contributed by atoms with E-state index >= 15 is 0 Å². The van der Waals surface area contributed by atoms with E-state index in [4.69, 9.17) is 0 Å². The van der Waals surface area contributed by atoms with E-state index in [0.717, 1.165) is 47.8 Å². The van der Waals surface area contributed by atoms with Crippen molar-refractivity contribution in [3.05, 3.63) is 60.2 Å². The number of para-hydroxylation sites is 1. The van der Waals surface area contributed by atoms with Crippen molar-refractivity contribution in [3.63, 3.8) is 0 Å². The number of anilines is 1.